The molecule has 0 radical (unpaired) electrons. The molecule has 1 aliphatic carbocycles. The van der Waals surface area contributed by atoms with Crippen molar-refractivity contribution < 1.29 is 78.1 Å². The predicted octanol–water partition coefficient (Wildman–Crippen LogP) is -6.89. The Morgan fingerprint density at radius 2 is 1.63 bits per heavy atom. The zero-order valence-electron chi connectivity index (χ0n) is 33.0. The topological polar surface area (TPSA) is 366 Å². The maximum absolute atomic E-state index is 14.2. The molecule has 60 heavy (non-hydrogen) atoms. The zero-order valence-corrected chi connectivity index (χ0v) is 33.0. The minimum atomic E-state index is -1.80. The van der Waals surface area contributed by atoms with E-state index in [9.17, 15) is 49.7 Å². The lowest BCUT2D eigenvalue weighted by molar-refractivity contribution is -0.331. The maximum Gasteiger partial charge on any atom is 0.249 e. The van der Waals surface area contributed by atoms with Gasteiger partial charge in [0.2, 0.25) is 11.8 Å². The Morgan fingerprint density at radius 1 is 0.933 bits per heavy atom. The fraction of sp³-hybridized carbons (Fsp3) is 0.722. The maximum atomic E-state index is 14.2. The van der Waals surface area contributed by atoms with E-state index in [0.717, 1.165) is 0 Å². The van der Waals surface area contributed by atoms with Crippen LogP contribution < -0.4 is 43.2 Å². The van der Waals surface area contributed by atoms with E-state index >= 15 is 0 Å². The van der Waals surface area contributed by atoms with Crippen molar-refractivity contribution in [3.63, 3.8) is 0 Å². The van der Waals surface area contributed by atoms with Crippen LogP contribution in [0, 0.1) is 5.82 Å². The molecule has 17 N–H and O–H groups in total. The van der Waals surface area contributed by atoms with Gasteiger partial charge in [-0.1, -0.05) is 0 Å². The van der Waals surface area contributed by atoms with Crippen LogP contribution in [0.15, 0.2) is 30.6 Å². The third-order valence-corrected chi connectivity index (χ3v) is 10.8. The van der Waals surface area contributed by atoms with E-state index in [1.807, 2.05) is 9.80 Å². The summed E-state index contributed by atoms with van der Waals surface area (Å²) in [5.74, 6) is -1.82. The van der Waals surface area contributed by atoms with E-state index < -0.39 is 115 Å². The zero-order chi connectivity index (χ0) is 43.8. The van der Waals surface area contributed by atoms with E-state index in [1.165, 1.54) is 19.2 Å². The van der Waals surface area contributed by atoms with Crippen molar-refractivity contribution in [1.29, 1.82) is 0 Å². The van der Waals surface area contributed by atoms with Gasteiger partial charge >= 0.3 is 0 Å². The van der Waals surface area contributed by atoms with Gasteiger partial charge < -0.3 is 108 Å². The normalized spacial score (nSPS) is 36.2. The first kappa shape index (κ1) is 47.6. The fourth-order valence-electron chi connectivity index (χ4n) is 7.31. The Morgan fingerprint density at radius 3 is 2.32 bits per heavy atom. The van der Waals surface area contributed by atoms with Crippen LogP contribution >= 0.6 is 0 Å². The largest absolute Gasteiger partial charge is 0.494 e. The minimum Gasteiger partial charge on any atom is -0.494 e. The van der Waals surface area contributed by atoms with E-state index in [1.54, 1.807) is 18.5 Å². The van der Waals surface area contributed by atoms with Crippen molar-refractivity contribution >= 4 is 17.5 Å². The second-order valence-electron chi connectivity index (χ2n) is 15.0. The smallest absolute Gasteiger partial charge is 0.249 e. The Hall–Kier alpha value is -3.41. The van der Waals surface area contributed by atoms with Crippen molar-refractivity contribution in [2.75, 3.05) is 58.1 Å². The van der Waals surface area contributed by atoms with Gasteiger partial charge in [-0.2, -0.15) is 0 Å². The Kier molecular flexibility index (Phi) is 17.1. The summed E-state index contributed by atoms with van der Waals surface area (Å²) in [5, 5.41) is 80.2. The molecule has 0 bridgehead atoms. The van der Waals surface area contributed by atoms with E-state index in [4.69, 9.17) is 51.4 Å². The molecule has 1 aromatic rings. The SMILES string of the molecule is COc1ccc(N2C=CN(CCOCC(=O)NC[C@H]3O[C@H](O[C@@H]4[C@@H](O)[C@H](O[C@H]5O[C@H](CN)[C@@H](O)[C@H](O)[C@H]5O)[C@@H](N)C[C@H]4NC(=O)[C@@H](O)CCN)[C@H](O)[C@@H](N)[C@@H]3O)C2)cc1F. The third kappa shape index (κ3) is 11.3. The summed E-state index contributed by atoms with van der Waals surface area (Å²) < 4.78 is 48.0. The van der Waals surface area contributed by atoms with Crippen molar-refractivity contribution in [3.05, 3.63) is 36.4 Å². The molecule has 3 fully saturated rings. The third-order valence-electron chi connectivity index (χ3n) is 10.8. The van der Waals surface area contributed by atoms with E-state index in [-0.39, 0.29) is 51.4 Å². The summed E-state index contributed by atoms with van der Waals surface area (Å²) in [4.78, 5) is 29.3. The average Bonchev–Trinajstić information content (AvgIpc) is 3.70. The van der Waals surface area contributed by atoms with Crippen LogP contribution in [0.25, 0.3) is 0 Å². The molecule has 3 heterocycles. The first-order chi connectivity index (χ1) is 28.6. The monoisotopic (exact) mass is 862 g/mol. The number of carbonyl (C=O) groups is 2. The van der Waals surface area contributed by atoms with Crippen molar-refractivity contribution in [2.24, 2.45) is 22.9 Å². The lowest BCUT2D eigenvalue weighted by Gasteiger charge is -2.49. The number of anilines is 1. The molecule has 1 saturated carbocycles. The highest BCUT2D eigenvalue weighted by atomic mass is 19.1. The molecule has 3 aliphatic heterocycles. The molecule has 23 nitrogen and oxygen atoms in total. The van der Waals surface area contributed by atoms with Gasteiger partial charge in [-0.25, -0.2) is 4.39 Å². The second kappa shape index (κ2) is 21.6. The molecule has 1 aromatic carbocycles. The van der Waals surface area contributed by atoms with Crippen molar-refractivity contribution in [1.82, 2.24) is 15.5 Å². The van der Waals surface area contributed by atoms with Crippen LogP contribution in [-0.2, 0) is 33.3 Å². The standard InChI is InChI=1S/C36H59FN8O15/c1-55-21-3-2-16(10-17(21)37)45-7-6-44(15-45)8-9-56-14-24(47)42-13-23-26(48)25(41)28(50)35(58-23)60-33-19(43-34(54)20(46)4-5-38)11-18(40)32(31(33)53)59-36-30(52)29(51)27(49)22(12-39)57-36/h2-3,6-7,10,18-20,22-23,25-33,35-36,46,48-53H,4-5,8-9,11-15,38-41H2,1H3,(H,42,47)(H,43,54)/t18-,19+,20-,22+,23+,25-,26+,27+,28+,29-,30+,31-,32+,33-,35+,36+/m0/s1. The number of halogens is 1. The molecule has 0 aromatic heterocycles. The molecule has 2 saturated heterocycles. The van der Waals surface area contributed by atoms with E-state index in [0.29, 0.717) is 18.9 Å². The number of nitrogens with zero attached hydrogens (tertiary/aromatic N) is 2. The van der Waals surface area contributed by atoms with Gasteiger partial charge in [-0.05, 0) is 31.5 Å². The number of aliphatic hydroxyl groups is 7. The lowest BCUT2D eigenvalue weighted by atomic mass is 9.83. The molecule has 0 spiro atoms. The summed E-state index contributed by atoms with van der Waals surface area (Å²) >= 11 is 0. The van der Waals surface area contributed by atoms with E-state index in [2.05, 4.69) is 10.6 Å². The van der Waals surface area contributed by atoms with Crippen LogP contribution in [0.1, 0.15) is 12.8 Å². The van der Waals surface area contributed by atoms with Gasteiger partial charge in [0.25, 0.3) is 0 Å². The van der Waals surface area contributed by atoms with Gasteiger partial charge in [0.1, 0.15) is 67.6 Å². The summed E-state index contributed by atoms with van der Waals surface area (Å²) in [6.45, 7) is -0.00890. The Balaban J connectivity index is 1.17. The number of nitrogens with one attached hydrogen (secondary N) is 2. The van der Waals surface area contributed by atoms with Crippen LogP contribution in [0.3, 0.4) is 0 Å². The number of nitrogens with two attached hydrogens (primary N) is 4. The van der Waals surface area contributed by atoms with Gasteiger partial charge in [0, 0.05) is 49.8 Å². The summed E-state index contributed by atoms with van der Waals surface area (Å²) in [6.07, 6.45) is -17.1. The fourth-order valence-corrected chi connectivity index (χ4v) is 7.31. The minimum absolute atomic E-state index is 0.0249. The Bertz CT molecular complexity index is 1590. The number of benzene rings is 1. The van der Waals surface area contributed by atoms with Crippen LogP contribution in [-0.4, -0.2) is 203 Å². The first-order valence-electron chi connectivity index (χ1n) is 19.5. The summed E-state index contributed by atoms with van der Waals surface area (Å²) in [5.41, 5.74) is 24.3. The van der Waals surface area contributed by atoms with Gasteiger partial charge in [-0.15, -0.1) is 0 Å². The quantitative estimate of drug-likeness (QED) is 0.0610. The molecule has 0 unspecified atom stereocenters. The summed E-state index contributed by atoms with van der Waals surface area (Å²) in [6, 6.07) is 0.936. The number of aliphatic hydroxyl groups excluding tert-OH is 7. The van der Waals surface area contributed by atoms with Crippen LogP contribution in [0.4, 0.5) is 10.1 Å². The van der Waals surface area contributed by atoms with Crippen molar-refractivity contribution in [2.45, 2.75) is 111 Å². The number of hydrogen-bond acceptors (Lipinski definition) is 21. The molecule has 2 amide bonds. The van der Waals surface area contributed by atoms with Gasteiger partial charge in [0.05, 0.1) is 38.6 Å². The molecule has 4 aliphatic rings. The Labute approximate surface area is 344 Å². The number of amides is 2. The molecule has 16 atom stereocenters. The molecule has 24 heteroatoms. The first-order valence-corrected chi connectivity index (χ1v) is 19.5. The van der Waals surface area contributed by atoms with Gasteiger partial charge in [-0.3, -0.25) is 9.59 Å². The number of ether oxygens (including phenoxy) is 6. The second-order valence-corrected chi connectivity index (χ2v) is 15.0. The molecule has 5 rings (SSSR count). The number of rotatable bonds is 18. The molecular weight excluding hydrogens is 803 g/mol. The average molecular weight is 863 g/mol. The van der Waals surface area contributed by atoms with Crippen LogP contribution in [0.2, 0.25) is 0 Å². The highest BCUT2D eigenvalue weighted by molar-refractivity contribution is 5.80. The lowest BCUT2D eigenvalue weighted by Crippen LogP contribution is -2.69. The van der Waals surface area contributed by atoms with Gasteiger partial charge in [0.15, 0.2) is 24.1 Å². The van der Waals surface area contributed by atoms with Crippen molar-refractivity contribution in [3.8, 4) is 5.75 Å². The number of carbonyl (C=O) groups excluding carboxylic acids is 2. The van der Waals surface area contributed by atoms with Crippen LogP contribution in [0.5, 0.6) is 5.75 Å². The highest BCUT2D eigenvalue weighted by Crippen LogP contribution is 2.32. The number of methoxy groups -OCH3 is 1. The predicted molar refractivity (Wildman–Crippen MR) is 204 cm³/mol. The molecular formula is C36H59FN8O15. The number of hydrogen-bond donors (Lipinski definition) is 13. The highest BCUT2D eigenvalue weighted by Gasteiger charge is 2.52. The summed E-state index contributed by atoms with van der Waals surface area (Å²) in [7, 11) is 1.38. The molecule has 340 valence electrons.